The molecular formula is C13H14F3IN4O3. The van der Waals surface area contributed by atoms with Crippen molar-refractivity contribution in [3.8, 4) is 0 Å². The number of nitrogens with zero attached hydrogens (tertiary/aromatic N) is 3. The Hall–Kier alpha value is -1.60. The highest BCUT2D eigenvalue weighted by Crippen LogP contribution is 2.28. The van der Waals surface area contributed by atoms with Gasteiger partial charge in [-0.05, 0) is 12.1 Å². The molecule has 0 aliphatic carbocycles. The summed E-state index contributed by atoms with van der Waals surface area (Å²) in [7, 11) is 2.92. The Kier molecular flexibility index (Phi) is 5.87. The fraction of sp³-hybridized carbons (Fsp3) is 0.385. The molecule has 0 saturated heterocycles. The molecule has 1 aliphatic heterocycles. The van der Waals surface area contributed by atoms with Gasteiger partial charge >= 0.3 is 12.1 Å². The number of esters is 1. The molecule has 0 fully saturated rings. The molecule has 0 bridgehead atoms. The van der Waals surface area contributed by atoms with Crippen molar-refractivity contribution < 1.29 is 27.4 Å². The van der Waals surface area contributed by atoms with Gasteiger partial charge in [0.2, 0.25) is 0 Å². The maximum Gasteiger partial charge on any atom is 0.433 e. The number of halogens is 4. The lowest BCUT2D eigenvalue weighted by atomic mass is 10.1. The second kappa shape index (κ2) is 7.53. The Morgan fingerprint density at radius 2 is 2.08 bits per heavy atom. The van der Waals surface area contributed by atoms with E-state index in [2.05, 4.69) is 15.1 Å². The van der Waals surface area contributed by atoms with Gasteiger partial charge in [0.1, 0.15) is 5.69 Å². The van der Waals surface area contributed by atoms with E-state index in [1.807, 2.05) is 22.9 Å². The van der Waals surface area contributed by atoms with Gasteiger partial charge in [-0.3, -0.25) is 0 Å². The minimum Gasteiger partial charge on any atom is -0.465 e. The summed E-state index contributed by atoms with van der Waals surface area (Å²) >= 11 is 2.03. The Morgan fingerprint density at radius 3 is 2.62 bits per heavy atom. The van der Waals surface area contributed by atoms with Crippen molar-refractivity contribution in [1.82, 2.24) is 18.8 Å². The number of rotatable bonds is 5. The third kappa shape index (κ3) is 4.48. The molecule has 24 heavy (non-hydrogen) atoms. The van der Waals surface area contributed by atoms with Gasteiger partial charge in [0.05, 0.1) is 66.3 Å². The average molecular weight is 458 g/mol. The first-order valence-corrected chi connectivity index (χ1v) is 7.58. The van der Waals surface area contributed by atoms with Crippen LogP contribution in [0.25, 0.3) is 0 Å². The van der Waals surface area contributed by atoms with Crippen molar-refractivity contribution in [1.29, 1.82) is 0 Å². The lowest BCUT2D eigenvalue weighted by Gasteiger charge is -2.17. The first-order valence-electron chi connectivity index (χ1n) is 6.61. The number of hydrogen-bond donors (Lipinski definition) is 1. The molecular weight excluding hydrogens is 444 g/mol. The van der Waals surface area contributed by atoms with E-state index in [1.54, 1.807) is 21.6 Å². The molecule has 1 aromatic heterocycles. The fourth-order valence-corrected chi connectivity index (χ4v) is 2.34. The SMILES string of the molecule is COC(=O)c1ccc(C(F)(F)F)nc1COCC1=CN(I)N(C)N1. The third-order valence-electron chi connectivity index (χ3n) is 3.02. The second-order valence-electron chi connectivity index (χ2n) is 4.75. The van der Waals surface area contributed by atoms with E-state index in [0.717, 1.165) is 19.2 Å². The summed E-state index contributed by atoms with van der Waals surface area (Å²) in [5, 5.41) is 1.68. The molecule has 1 N–H and O–H groups in total. The van der Waals surface area contributed by atoms with Crippen LogP contribution in [0, 0.1) is 0 Å². The van der Waals surface area contributed by atoms with Crippen molar-refractivity contribution in [3.63, 3.8) is 0 Å². The maximum absolute atomic E-state index is 12.8. The zero-order chi connectivity index (χ0) is 17.9. The molecule has 0 amide bonds. The predicted octanol–water partition coefficient (Wildman–Crippen LogP) is 2.26. The molecule has 1 aromatic rings. The number of carbonyl (C=O) groups excluding carboxylic acids is 1. The van der Waals surface area contributed by atoms with Gasteiger partial charge in [-0.2, -0.15) is 13.2 Å². The highest BCUT2D eigenvalue weighted by Gasteiger charge is 2.33. The molecule has 2 rings (SSSR count). The summed E-state index contributed by atoms with van der Waals surface area (Å²) < 4.78 is 50.0. The largest absolute Gasteiger partial charge is 0.465 e. The van der Waals surface area contributed by atoms with Crippen molar-refractivity contribution in [2.45, 2.75) is 12.8 Å². The van der Waals surface area contributed by atoms with E-state index < -0.39 is 17.8 Å². The number of hydrazine groups is 2. The summed E-state index contributed by atoms with van der Waals surface area (Å²) in [6.07, 6.45) is -2.86. The standard InChI is InChI=1S/C13H14F3IN4O3/c1-20-19-8(5-21(20)17)6-24-7-10-9(12(22)23-2)3-4-11(18-10)13(14,15)16/h3-5,19H,6-7H2,1-2H3. The third-order valence-corrected chi connectivity index (χ3v) is 3.95. The summed E-state index contributed by atoms with van der Waals surface area (Å²) in [6, 6.07) is 1.77. The zero-order valence-electron chi connectivity index (χ0n) is 12.7. The predicted molar refractivity (Wildman–Crippen MR) is 85.1 cm³/mol. The molecule has 2 heterocycles. The van der Waals surface area contributed by atoms with Crippen molar-refractivity contribution in [2.75, 3.05) is 20.8 Å². The first-order chi connectivity index (χ1) is 11.2. The summed E-state index contributed by atoms with van der Waals surface area (Å²) in [6.45, 7) is -0.152. The van der Waals surface area contributed by atoms with E-state index in [0.29, 0.717) is 5.70 Å². The van der Waals surface area contributed by atoms with Crippen LogP contribution in [0.2, 0.25) is 0 Å². The van der Waals surface area contributed by atoms with Gasteiger partial charge in [-0.25, -0.2) is 13.0 Å². The molecule has 0 radical (unpaired) electrons. The monoisotopic (exact) mass is 458 g/mol. The molecule has 0 unspecified atom stereocenters. The van der Waals surface area contributed by atoms with Crippen LogP contribution in [-0.2, 0) is 22.3 Å². The summed E-state index contributed by atoms with van der Waals surface area (Å²) in [5.41, 5.74) is 2.39. The number of carbonyl (C=O) groups is 1. The van der Waals surface area contributed by atoms with Crippen molar-refractivity contribution in [2.24, 2.45) is 0 Å². The van der Waals surface area contributed by atoms with E-state index in [-0.39, 0.29) is 24.5 Å². The second-order valence-corrected chi connectivity index (χ2v) is 5.74. The molecule has 7 nitrogen and oxygen atoms in total. The topological polar surface area (TPSA) is 66.9 Å². The van der Waals surface area contributed by atoms with Crippen LogP contribution < -0.4 is 5.43 Å². The Balaban J connectivity index is 2.12. The van der Waals surface area contributed by atoms with Crippen LogP contribution in [0.1, 0.15) is 21.7 Å². The van der Waals surface area contributed by atoms with Crippen LogP contribution >= 0.6 is 22.9 Å². The average Bonchev–Trinajstić information content (AvgIpc) is 2.84. The van der Waals surface area contributed by atoms with Gasteiger partial charge in [-0.15, -0.1) is 5.12 Å². The number of methoxy groups -OCH3 is 1. The Morgan fingerprint density at radius 1 is 1.38 bits per heavy atom. The van der Waals surface area contributed by atoms with Crippen LogP contribution in [-0.4, -0.2) is 40.1 Å². The summed E-state index contributed by atoms with van der Waals surface area (Å²) in [4.78, 5) is 15.2. The molecule has 1 aliphatic rings. The number of alkyl halides is 3. The minimum absolute atomic E-state index is 0.0634. The number of hydrogen-bond acceptors (Lipinski definition) is 7. The number of ether oxygens (including phenoxy) is 2. The Labute approximate surface area is 149 Å². The van der Waals surface area contributed by atoms with Crippen LogP contribution in [0.5, 0.6) is 0 Å². The van der Waals surface area contributed by atoms with Gasteiger partial charge in [0, 0.05) is 7.05 Å². The van der Waals surface area contributed by atoms with Gasteiger partial charge in [-0.1, -0.05) is 0 Å². The molecule has 0 saturated carbocycles. The molecule has 11 heteroatoms. The summed E-state index contributed by atoms with van der Waals surface area (Å²) in [5.74, 6) is -0.772. The fourth-order valence-electron chi connectivity index (χ4n) is 1.89. The van der Waals surface area contributed by atoms with Gasteiger partial charge in [0.25, 0.3) is 0 Å². The maximum atomic E-state index is 12.8. The van der Waals surface area contributed by atoms with E-state index in [1.165, 1.54) is 0 Å². The smallest absolute Gasteiger partial charge is 0.433 e. The van der Waals surface area contributed by atoms with Crippen LogP contribution in [0.15, 0.2) is 24.0 Å². The molecule has 132 valence electrons. The molecule has 0 aromatic carbocycles. The highest BCUT2D eigenvalue weighted by atomic mass is 127. The normalized spacial score (nSPS) is 15.2. The van der Waals surface area contributed by atoms with E-state index in [4.69, 9.17) is 4.74 Å². The quantitative estimate of drug-likeness (QED) is 0.413. The van der Waals surface area contributed by atoms with Crippen LogP contribution in [0.4, 0.5) is 13.2 Å². The van der Waals surface area contributed by atoms with Crippen molar-refractivity contribution >= 4 is 28.8 Å². The molecule has 0 atom stereocenters. The number of pyridine rings is 1. The van der Waals surface area contributed by atoms with Crippen molar-refractivity contribution in [3.05, 3.63) is 41.0 Å². The van der Waals surface area contributed by atoms with Gasteiger partial charge < -0.3 is 14.9 Å². The Bertz CT molecular complexity index is 654. The first kappa shape index (κ1) is 18.7. The van der Waals surface area contributed by atoms with E-state index >= 15 is 0 Å². The minimum atomic E-state index is -4.61. The lowest BCUT2D eigenvalue weighted by Crippen LogP contribution is -2.33. The van der Waals surface area contributed by atoms with Gasteiger partial charge in [0.15, 0.2) is 0 Å². The lowest BCUT2D eigenvalue weighted by molar-refractivity contribution is -0.141. The number of aromatic nitrogens is 1. The number of nitrogens with one attached hydrogen (secondary N) is 1. The zero-order valence-corrected chi connectivity index (χ0v) is 14.9. The van der Waals surface area contributed by atoms with Crippen LogP contribution in [0.3, 0.4) is 0 Å². The highest BCUT2D eigenvalue weighted by molar-refractivity contribution is 14.1. The molecule has 0 spiro atoms. The van der Waals surface area contributed by atoms with E-state index in [9.17, 15) is 18.0 Å².